The summed E-state index contributed by atoms with van der Waals surface area (Å²) < 4.78 is 24.3. The molecule has 1 saturated heterocycles. The molecule has 160 valence electrons. The van der Waals surface area contributed by atoms with Crippen LogP contribution < -0.4 is 0 Å². The highest BCUT2D eigenvalue weighted by Gasteiger charge is 2.48. The molecule has 0 aromatic heterocycles. The second-order valence-corrected chi connectivity index (χ2v) is 9.62. The molecule has 2 aromatic carbocycles. The highest BCUT2D eigenvalue weighted by molar-refractivity contribution is 7.85. The fourth-order valence-electron chi connectivity index (χ4n) is 4.14. The van der Waals surface area contributed by atoms with Crippen molar-refractivity contribution < 1.29 is 23.6 Å². The monoisotopic (exact) mass is 429 g/mol. The van der Waals surface area contributed by atoms with Crippen LogP contribution in [0.5, 0.6) is 0 Å². The van der Waals surface area contributed by atoms with E-state index in [1.165, 1.54) is 0 Å². The summed E-state index contributed by atoms with van der Waals surface area (Å²) in [7, 11) is -1.41. The molecule has 2 aromatic rings. The van der Waals surface area contributed by atoms with E-state index < -0.39 is 34.0 Å². The molecule has 2 aliphatic heterocycles. The molecule has 0 radical (unpaired) electrons. The van der Waals surface area contributed by atoms with Crippen LogP contribution in [0.3, 0.4) is 0 Å². The van der Waals surface area contributed by atoms with Gasteiger partial charge in [0.25, 0.3) is 0 Å². The van der Waals surface area contributed by atoms with Gasteiger partial charge in [-0.15, -0.1) is 0 Å². The van der Waals surface area contributed by atoms with Crippen LogP contribution >= 0.6 is 0 Å². The SMILES string of the molecule is CS(=O)[C@@H](C1=NO[C@H](c2ccccc2)[C@H]1c1ccccc1)[C@@H](O)[C@H]1COC(C)(C)O1. The number of oxime groups is 1. The number of hydrogen-bond donors (Lipinski definition) is 1. The Labute approximate surface area is 179 Å². The van der Waals surface area contributed by atoms with Crippen LogP contribution in [-0.2, 0) is 25.1 Å². The number of rotatable bonds is 6. The molecule has 0 amide bonds. The molecule has 2 heterocycles. The van der Waals surface area contributed by atoms with Gasteiger partial charge in [0.15, 0.2) is 11.9 Å². The lowest BCUT2D eigenvalue weighted by atomic mass is 9.83. The Morgan fingerprint density at radius 3 is 2.20 bits per heavy atom. The zero-order valence-corrected chi connectivity index (χ0v) is 18.1. The summed E-state index contributed by atoms with van der Waals surface area (Å²) in [6.07, 6.45) is -0.418. The normalized spacial score (nSPS) is 28.4. The van der Waals surface area contributed by atoms with E-state index in [1.54, 1.807) is 20.1 Å². The molecular weight excluding hydrogens is 402 g/mol. The van der Waals surface area contributed by atoms with Gasteiger partial charge < -0.3 is 19.4 Å². The molecule has 0 bridgehead atoms. The maximum absolute atomic E-state index is 12.8. The molecular formula is C23H27NO5S. The molecule has 30 heavy (non-hydrogen) atoms. The Kier molecular flexibility index (Phi) is 6.06. The maximum Gasteiger partial charge on any atom is 0.164 e. The van der Waals surface area contributed by atoms with E-state index in [-0.39, 0.29) is 18.6 Å². The topological polar surface area (TPSA) is 77.4 Å². The summed E-state index contributed by atoms with van der Waals surface area (Å²) in [6, 6.07) is 19.7. The molecule has 1 N–H and O–H groups in total. The smallest absolute Gasteiger partial charge is 0.164 e. The van der Waals surface area contributed by atoms with Crippen molar-refractivity contribution in [1.29, 1.82) is 0 Å². The van der Waals surface area contributed by atoms with Gasteiger partial charge in [-0.25, -0.2) is 0 Å². The zero-order valence-electron chi connectivity index (χ0n) is 17.3. The standard InChI is InChI=1S/C23H27NO5S/c1-23(2)27-14-17(28-23)20(25)22(30(3)26)19-18(15-10-6-4-7-11-15)21(29-24-19)16-12-8-5-9-13-16/h4-13,17-18,20-22,25H,14H2,1-3H3/t17-,18+,20+,21-,22+,30?/m1/s1. The molecule has 7 heteroatoms. The highest BCUT2D eigenvalue weighted by Crippen LogP contribution is 2.42. The Morgan fingerprint density at radius 2 is 1.67 bits per heavy atom. The van der Waals surface area contributed by atoms with Crippen molar-refractivity contribution in [3.63, 3.8) is 0 Å². The average molecular weight is 430 g/mol. The van der Waals surface area contributed by atoms with Gasteiger partial charge in [-0.3, -0.25) is 4.21 Å². The lowest BCUT2D eigenvalue weighted by molar-refractivity contribution is -0.150. The van der Waals surface area contributed by atoms with Crippen LogP contribution in [0.4, 0.5) is 0 Å². The van der Waals surface area contributed by atoms with Crippen LogP contribution in [0, 0.1) is 0 Å². The van der Waals surface area contributed by atoms with Gasteiger partial charge in [0.2, 0.25) is 0 Å². The van der Waals surface area contributed by atoms with Crippen LogP contribution in [0.25, 0.3) is 0 Å². The first kappa shape index (κ1) is 21.2. The van der Waals surface area contributed by atoms with Crippen LogP contribution in [0.15, 0.2) is 65.8 Å². The van der Waals surface area contributed by atoms with Crippen molar-refractivity contribution in [2.75, 3.05) is 12.9 Å². The first-order valence-electron chi connectivity index (χ1n) is 10.0. The fourth-order valence-corrected chi connectivity index (χ4v) is 5.24. The molecule has 2 aliphatic rings. The zero-order chi connectivity index (χ0) is 21.3. The molecule has 6 atom stereocenters. The van der Waals surface area contributed by atoms with E-state index in [1.807, 2.05) is 60.7 Å². The van der Waals surface area contributed by atoms with Gasteiger partial charge >= 0.3 is 0 Å². The summed E-state index contributed by atoms with van der Waals surface area (Å²) in [5.74, 6) is -1.06. The van der Waals surface area contributed by atoms with Crippen molar-refractivity contribution in [3.05, 3.63) is 71.8 Å². The molecule has 0 spiro atoms. The van der Waals surface area contributed by atoms with E-state index in [9.17, 15) is 9.32 Å². The molecule has 0 aliphatic carbocycles. The van der Waals surface area contributed by atoms with Gasteiger partial charge in [0.1, 0.15) is 17.5 Å². The number of hydrogen-bond acceptors (Lipinski definition) is 6. The fraction of sp³-hybridized carbons (Fsp3) is 0.435. The van der Waals surface area contributed by atoms with Gasteiger partial charge in [-0.2, -0.15) is 0 Å². The second kappa shape index (κ2) is 8.59. The van der Waals surface area contributed by atoms with Crippen molar-refractivity contribution in [2.45, 2.75) is 49.1 Å². The largest absolute Gasteiger partial charge is 0.389 e. The van der Waals surface area contributed by atoms with E-state index in [4.69, 9.17) is 14.3 Å². The Balaban J connectivity index is 1.70. The number of benzene rings is 2. The lowest BCUT2D eigenvalue weighted by Gasteiger charge is -2.29. The van der Waals surface area contributed by atoms with Gasteiger partial charge in [-0.1, -0.05) is 65.8 Å². The first-order chi connectivity index (χ1) is 14.4. The summed E-state index contributed by atoms with van der Waals surface area (Å²) in [5, 5.41) is 14.8. The van der Waals surface area contributed by atoms with Gasteiger partial charge in [0, 0.05) is 17.1 Å². The molecule has 1 fully saturated rings. The molecule has 1 unspecified atom stereocenters. The number of aliphatic hydroxyl groups excluding tert-OH is 1. The third-order valence-corrected chi connectivity index (χ3v) is 6.79. The van der Waals surface area contributed by atoms with E-state index in [2.05, 4.69) is 5.16 Å². The van der Waals surface area contributed by atoms with Crippen molar-refractivity contribution in [3.8, 4) is 0 Å². The second-order valence-electron chi connectivity index (χ2n) is 8.12. The number of ether oxygens (including phenoxy) is 2. The Hall–Kier alpha value is -2.06. The summed E-state index contributed by atoms with van der Waals surface area (Å²) in [4.78, 5) is 5.87. The summed E-state index contributed by atoms with van der Waals surface area (Å²) >= 11 is 0. The van der Waals surface area contributed by atoms with Crippen LogP contribution in [0.2, 0.25) is 0 Å². The molecule has 4 rings (SSSR count). The van der Waals surface area contributed by atoms with Crippen LogP contribution in [-0.4, -0.2) is 51.1 Å². The minimum atomic E-state index is -1.41. The lowest BCUT2D eigenvalue weighted by Crippen LogP contribution is -2.47. The van der Waals surface area contributed by atoms with Crippen LogP contribution in [0.1, 0.15) is 37.0 Å². The first-order valence-corrected chi connectivity index (χ1v) is 11.6. The van der Waals surface area contributed by atoms with Crippen molar-refractivity contribution >= 4 is 16.5 Å². The highest BCUT2D eigenvalue weighted by atomic mass is 32.2. The Morgan fingerprint density at radius 1 is 1.07 bits per heavy atom. The maximum atomic E-state index is 12.8. The predicted octanol–water partition coefficient (Wildman–Crippen LogP) is 3.16. The third-order valence-electron chi connectivity index (χ3n) is 5.55. The molecule has 6 nitrogen and oxygen atoms in total. The Bertz CT molecular complexity index is 918. The van der Waals surface area contributed by atoms with E-state index in [0.29, 0.717) is 5.71 Å². The van der Waals surface area contributed by atoms with E-state index >= 15 is 0 Å². The van der Waals surface area contributed by atoms with Gasteiger partial charge in [-0.05, 0) is 25.0 Å². The van der Waals surface area contributed by atoms with Crippen molar-refractivity contribution in [1.82, 2.24) is 0 Å². The number of aliphatic hydroxyl groups is 1. The average Bonchev–Trinajstić information content (AvgIpc) is 3.32. The summed E-state index contributed by atoms with van der Waals surface area (Å²) in [5.41, 5.74) is 2.53. The van der Waals surface area contributed by atoms with Crippen molar-refractivity contribution in [2.24, 2.45) is 5.16 Å². The molecule has 0 saturated carbocycles. The van der Waals surface area contributed by atoms with Gasteiger partial charge in [0.05, 0.1) is 18.2 Å². The number of nitrogens with zero attached hydrogens (tertiary/aromatic N) is 1. The minimum Gasteiger partial charge on any atom is -0.389 e. The summed E-state index contributed by atoms with van der Waals surface area (Å²) in [6.45, 7) is 3.83. The minimum absolute atomic E-state index is 0.230. The van der Waals surface area contributed by atoms with E-state index in [0.717, 1.165) is 11.1 Å². The quantitative estimate of drug-likeness (QED) is 0.763. The third kappa shape index (κ3) is 4.21. The predicted molar refractivity (Wildman–Crippen MR) is 116 cm³/mol.